The molecule has 0 bridgehead atoms. The fourth-order valence-corrected chi connectivity index (χ4v) is 2.89. The maximum absolute atomic E-state index is 11.8. The number of amides is 2. The van der Waals surface area contributed by atoms with Crippen molar-refractivity contribution >= 4 is 34.6 Å². The lowest BCUT2D eigenvalue weighted by Crippen LogP contribution is -2.38. The summed E-state index contributed by atoms with van der Waals surface area (Å²) in [5.74, 6) is -1.41. The number of rotatable bonds is 5. The van der Waals surface area contributed by atoms with Crippen LogP contribution in [-0.2, 0) is 6.54 Å². The molecule has 3 aromatic rings. The molecule has 2 heterocycles. The van der Waals surface area contributed by atoms with Gasteiger partial charge in [0.1, 0.15) is 0 Å². The predicted octanol–water partition coefficient (Wildman–Crippen LogP) is 2.27. The van der Waals surface area contributed by atoms with Crippen LogP contribution in [0.2, 0.25) is 5.02 Å². The number of halogens is 1. The van der Waals surface area contributed by atoms with Gasteiger partial charge >= 0.3 is 12.0 Å². The van der Waals surface area contributed by atoms with Gasteiger partial charge in [-0.3, -0.25) is 4.79 Å². The summed E-state index contributed by atoms with van der Waals surface area (Å²) in [7, 11) is 0. The Bertz CT molecular complexity index is 1120. The zero-order chi connectivity index (χ0) is 20.4. The van der Waals surface area contributed by atoms with Gasteiger partial charge in [-0.2, -0.15) is 0 Å². The lowest BCUT2D eigenvalue weighted by Gasteiger charge is -2.10. The largest absolute Gasteiger partial charge is 0.476 e. The van der Waals surface area contributed by atoms with E-state index >= 15 is 0 Å². The van der Waals surface area contributed by atoms with Gasteiger partial charge in [-0.05, 0) is 37.6 Å². The summed E-state index contributed by atoms with van der Waals surface area (Å²) in [6.45, 7) is 4.06. The Morgan fingerprint density at radius 2 is 2.11 bits per heavy atom. The normalized spacial score (nSPS) is 11.0. The van der Waals surface area contributed by atoms with Gasteiger partial charge in [-0.25, -0.2) is 14.6 Å². The van der Waals surface area contributed by atoms with E-state index in [9.17, 15) is 14.4 Å². The minimum atomic E-state index is -1.41. The molecule has 0 fully saturated rings. The molecule has 0 saturated carbocycles. The molecule has 3 rings (SSSR count). The Morgan fingerprint density at radius 1 is 1.36 bits per heavy atom. The van der Waals surface area contributed by atoms with Crippen molar-refractivity contribution in [2.45, 2.75) is 26.4 Å². The van der Waals surface area contributed by atoms with Crippen molar-refractivity contribution in [2.75, 3.05) is 0 Å². The third-order valence-electron chi connectivity index (χ3n) is 3.87. The van der Waals surface area contributed by atoms with Crippen molar-refractivity contribution in [1.82, 2.24) is 25.2 Å². The summed E-state index contributed by atoms with van der Waals surface area (Å²) in [6, 6.07) is 4.69. The quantitative estimate of drug-likeness (QED) is 0.519. The highest BCUT2D eigenvalue weighted by atomic mass is 35.5. The Morgan fingerprint density at radius 3 is 2.79 bits per heavy atom. The summed E-state index contributed by atoms with van der Waals surface area (Å²) in [4.78, 5) is 40.9. The molecule has 4 N–H and O–H groups in total. The van der Waals surface area contributed by atoms with E-state index in [1.165, 1.54) is 6.07 Å². The number of nitrogens with one attached hydrogen (secondary N) is 3. The third kappa shape index (κ3) is 4.15. The molecule has 146 valence electrons. The Hall–Kier alpha value is -3.33. The second-order valence-electron chi connectivity index (χ2n) is 6.45. The maximum atomic E-state index is 11.8. The molecular weight excluding hydrogens is 386 g/mol. The van der Waals surface area contributed by atoms with Crippen molar-refractivity contribution in [1.29, 1.82) is 0 Å². The van der Waals surface area contributed by atoms with E-state index in [1.54, 1.807) is 23.0 Å². The first-order valence-corrected chi connectivity index (χ1v) is 8.81. The first-order chi connectivity index (χ1) is 13.2. The minimum Gasteiger partial charge on any atom is -0.476 e. The van der Waals surface area contributed by atoms with Crippen LogP contribution in [0.1, 0.15) is 29.9 Å². The highest BCUT2D eigenvalue weighted by molar-refractivity contribution is 6.33. The van der Waals surface area contributed by atoms with E-state index in [0.717, 1.165) is 5.56 Å². The third-order valence-corrected chi connectivity index (χ3v) is 4.17. The molecule has 9 nitrogen and oxygen atoms in total. The number of hydrogen-bond donors (Lipinski definition) is 4. The topological polar surface area (TPSA) is 129 Å². The predicted molar refractivity (Wildman–Crippen MR) is 104 cm³/mol. The number of carboxylic acids is 1. The van der Waals surface area contributed by atoms with Crippen LogP contribution >= 0.6 is 11.6 Å². The summed E-state index contributed by atoms with van der Waals surface area (Å²) >= 11 is 6.32. The van der Waals surface area contributed by atoms with Crippen molar-refractivity contribution in [3.8, 4) is 5.69 Å². The molecule has 0 radical (unpaired) electrons. The van der Waals surface area contributed by atoms with Crippen LogP contribution in [-0.4, -0.2) is 37.7 Å². The number of fused-ring (bicyclic) bond motifs is 1. The minimum absolute atomic E-state index is 0.0376. The molecule has 28 heavy (non-hydrogen) atoms. The van der Waals surface area contributed by atoms with Crippen molar-refractivity contribution in [2.24, 2.45) is 0 Å². The van der Waals surface area contributed by atoms with Crippen LogP contribution < -0.4 is 16.2 Å². The van der Waals surface area contributed by atoms with Gasteiger partial charge < -0.3 is 25.3 Å². The standard InChI is InChI=1S/C18H18ClN5O4/c1-9(2)21-18(28)20-7-10-3-4-24(8-10)14-6-13-12(5-11(14)19)23-16(25)15(22-13)17(26)27/h3-6,8-9H,7H2,1-2H3,(H,23,25)(H,26,27)(H2,20,21,28). The average molecular weight is 404 g/mol. The molecule has 1 aromatic carbocycles. The van der Waals surface area contributed by atoms with E-state index in [1.807, 2.05) is 19.9 Å². The first-order valence-electron chi connectivity index (χ1n) is 8.43. The molecule has 0 spiro atoms. The molecular formula is C18H18ClN5O4. The monoisotopic (exact) mass is 403 g/mol. The van der Waals surface area contributed by atoms with Crippen LogP contribution in [0.4, 0.5) is 4.79 Å². The number of hydrogen-bond acceptors (Lipinski definition) is 4. The van der Waals surface area contributed by atoms with E-state index in [4.69, 9.17) is 16.7 Å². The maximum Gasteiger partial charge on any atom is 0.360 e. The number of urea groups is 1. The highest BCUT2D eigenvalue weighted by Crippen LogP contribution is 2.25. The van der Waals surface area contributed by atoms with Gasteiger partial charge in [0.15, 0.2) is 0 Å². The molecule has 0 saturated heterocycles. The zero-order valence-corrected chi connectivity index (χ0v) is 15.9. The van der Waals surface area contributed by atoms with E-state index < -0.39 is 17.2 Å². The second-order valence-corrected chi connectivity index (χ2v) is 6.86. The Labute approximate surface area is 164 Å². The van der Waals surface area contributed by atoms with Crippen LogP contribution in [0.25, 0.3) is 16.7 Å². The summed E-state index contributed by atoms with van der Waals surface area (Å²) in [5.41, 5.74) is 0.648. The van der Waals surface area contributed by atoms with Gasteiger partial charge in [-0.1, -0.05) is 11.6 Å². The molecule has 0 atom stereocenters. The summed E-state index contributed by atoms with van der Waals surface area (Å²) in [6.07, 6.45) is 3.54. The number of carboxylic acid groups (broad SMARTS) is 1. The van der Waals surface area contributed by atoms with Crippen molar-refractivity contribution < 1.29 is 14.7 Å². The van der Waals surface area contributed by atoms with Crippen molar-refractivity contribution in [3.63, 3.8) is 0 Å². The Kier molecular flexibility index (Phi) is 5.36. The number of nitrogens with zero attached hydrogens (tertiary/aromatic N) is 2. The Balaban J connectivity index is 1.89. The zero-order valence-electron chi connectivity index (χ0n) is 15.1. The van der Waals surface area contributed by atoms with E-state index in [2.05, 4.69) is 20.6 Å². The number of carbonyl (C=O) groups excluding carboxylic acids is 1. The van der Waals surface area contributed by atoms with E-state index in [-0.39, 0.29) is 12.1 Å². The highest BCUT2D eigenvalue weighted by Gasteiger charge is 2.14. The van der Waals surface area contributed by atoms with Gasteiger partial charge in [0.2, 0.25) is 5.69 Å². The average Bonchev–Trinajstić information content (AvgIpc) is 3.07. The molecule has 0 aliphatic rings. The molecule has 2 aromatic heterocycles. The number of benzene rings is 1. The lowest BCUT2D eigenvalue weighted by molar-refractivity contribution is 0.0689. The SMILES string of the molecule is CC(C)NC(=O)NCc1ccn(-c2cc3nc(C(=O)O)c(=O)[nH]c3cc2Cl)c1. The van der Waals surface area contributed by atoms with Gasteiger partial charge in [0, 0.05) is 25.0 Å². The fourth-order valence-electron chi connectivity index (χ4n) is 2.63. The smallest absolute Gasteiger partial charge is 0.360 e. The summed E-state index contributed by atoms with van der Waals surface area (Å²) in [5, 5.41) is 14.9. The molecule has 2 amide bonds. The van der Waals surface area contributed by atoms with Gasteiger partial charge in [-0.15, -0.1) is 0 Å². The second kappa shape index (κ2) is 7.73. The van der Waals surface area contributed by atoms with Gasteiger partial charge in [0.05, 0.1) is 21.7 Å². The fraction of sp³-hybridized carbons (Fsp3) is 0.222. The molecule has 10 heteroatoms. The molecule has 0 unspecified atom stereocenters. The van der Waals surface area contributed by atoms with Gasteiger partial charge in [0.25, 0.3) is 5.56 Å². The number of aromatic nitrogens is 3. The number of aromatic carboxylic acids is 1. The number of H-pyrrole nitrogens is 1. The lowest BCUT2D eigenvalue weighted by atomic mass is 10.2. The number of carbonyl (C=O) groups is 2. The number of aromatic amines is 1. The van der Waals surface area contributed by atoms with Crippen LogP contribution in [0.3, 0.4) is 0 Å². The van der Waals surface area contributed by atoms with E-state index in [0.29, 0.717) is 28.3 Å². The summed E-state index contributed by atoms with van der Waals surface area (Å²) < 4.78 is 1.73. The molecule has 0 aliphatic carbocycles. The van der Waals surface area contributed by atoms with Crippen molar-refractivity contribution in [3.05, 3.63) is 57.2 Å². The van der Waals surface area contributed by atoms with Crippen LogP contribution in [0.5, 0.6) is 0 Å². The van der Waals surface area contributed by atoms with Crippen LogP contribution in [0.15, 0.2) is 35.4 Å². The first kappa shape index (κ1) is 19.4. The molecule has 0 aliphatic heterocycles. The van der Waals surface area contributed by atoms with Crippen LogP contribution in [0, 0.1) is 0 Å².